The monoisotopic (exact) mass is 569 g/mol. The summed E-state index contributed by atoms with van der Waals surface area (Å²) in [5.74, 6) is 0.150. The Morgan fingerprint density at radius 2 is 1.88 bits per heavy atom. The summed E-state index contributed by atoms with van der Waals surface area (Å²) in [6, 6.07) is 7.16. The number of rotatable bonds is 5. The molecule has 5 fully saturated rings. The summed E-state index contributed by atoms with van der Waals surface area (Å²) >= 11 is 0. The van der Waals surface area contributed by atoms with Crippen molar-refractivity contribution in [3.63, 3.8) is 0 Å². The molecule has 5 aliphatic rings. The highest BCUT2D eigenvalue weighted by Crippen LogP contribution is 2.47. The number of carbonyl (C=O) groups excluding carboxylic acids is 2. The maximum absolute atomic E-state index is 14.5. The second-order valence-electron chi connectivity index (χ2n) is 13.2. The highest BCUT2D eigenvalue weighted by Gasteiger charge is 2.49. The Morgan fingerprint density at radius 3 is 2.57 bits per heavy atom. The molecule has 2 amide bonds. The summed E-state index contributed by atoms with van der Waals surface area (Å²) in [4.78, 5) is 35.7. The van der Waals surface area contributed by atoms with Gasteiger partial charge < -0.3 is 19.7 Å². The van der Waals surface area contributed by atoms with Gasteiger partial charge in [-0.1, -0.05) is 12.2 Å². The van der Waals surface area contributed by atoms with Gasteiger partial charge in [0.15, 0.2) is 0 Å². The van der Waals surface area contributed by atoms with Crippen molar-refractivity contribution < 1.29 is 14.0 Å². The second-order valence-corrected chi connectivity index (χ2v) is 13.2. The number of aromatic nitrogens is 2. The van der Waals surface area contributed by atoms with Crippen LogP contribution in [0, 0.1) is 11.7 Å². The number of hydrogen-bond acceptors (Lipinski definition) is 4. The Hall–Kier alpha value is -3.52. The fourth-order valence-corrected chi connectivity index (χ4v) is 8.20. The van der Waals surface area contributed by atoms with Gasteiger partial charge in [-0.25, -0.2) is 4.39 Å². The van der Waals surface area contributed by atoms with Crippen LogP contribution in [-0.4, -0.2) is 68.4 Å². The Balaban J connectivity index is 1.21. The molecule has 42 heavy (non-hydrogen) atoms. The molecule has 8 rings (SSSR count). The molecule has 4 saturated heterocycles. The van der Waals surface area contributed by atoms with Gasteiger partial charge in [-0.05, 0) is 94.5 Å². The Morgan fingerprint density at radius 1 is 1.12 bits per heavy atom. The normalized spacial score (nSPS) is 28.6. The van der Waals surface area contributed by atoms with Gasteiger partial charge in [0.1, 0.15) is 5.82 Å². The van der Waals surface area contributed by atoms with E-state index in [-0.39, 0.29) is 47.8 Å². The van der Waals surface area contributed by atoms with Gasteiger partial charge in [-0.2, -0.15) is 0 Å². The van der Waals surface area contributed by atoms with Crippen LogP contribution in [0.1, 0.15) is 80.6 Å². The lowest BCUT2D eigenvalue weighted by molar-refractivity contribution is -0.140. The molecule has 8 heteroatoms. The van der Waals surface area contributed by atoms with Crippen LogP contribution in [0.3, 0.4) is 0 Å². The summed E-state index contributed by atoms with van der Waals surface area (Å²) in [6.45, 7) is 8.20. The van der Waals surface area contributed by atoms with Crippen molar-refractivity contribution in [3.05, 3.63) is 72.0 Å². The van der Waals surface area contributed by atoms with Gasteiger partial charge in [-0.15, -0.1) is 0 Å². The zero-order valence-electron chi connectivity index (χ0n) is 24.7. The third-order valence-electron chi connectivity index (χ3n) is 10.6. The molecular formula is C34H40FN5O2. The van der Waals surface area contributed by atoms with Crippen LogP contribution in [0.4, 0.5) is 4.39 Å². The summed E-state index contributed by atoms with van der Waals surface area (Å²) in [6.07, 6.45) is 12.9. The van der Waals surface area contributed by atoms with Gasteiger partial charge in [0, 0.05) is 54.9 Å². The van der Waals surface area contributed by atoms with E-state index < -0.39 is 5.82 Å². The van der Waals surface area contributed by atoms with Crippen molar-refractivity contribution in [3.8, 4) is 5.69 Å². The zero-order chi connectivity index (χ0) is 29.3. The Kier molecular flexibility index (Phi) is 6.72. The van der Waals surface area contributed by atoms with Crippen LogP contribution in [0.5, 0.6) is 0 Å². The maximum atomic E-state index is 14.5. The van der Waals surface area contributed by atoms with E-state index in [0.29, 0.717) is 17.3 Å². The van der Waals surface area contributed by atoms with Gasteiger partial charge >= 0.3 is 0 Å². The SMILES string of the molecule is C=C1C[C@H]2CC[C@@H]1[C@@H](C(=O)N1C3CCC1CC(c1cn(-c4ccc(F)cc4C(=O)N(C)C(C)C)c4cnccc14)C3)N2. The molecule has 1 aliphatic carbocycles. The van der Waals surface area contributed by atoms with E-state index in [4.69, 9.17) is 0 Å². The minimum absolute atomic E-state index is 0.0207. The topological polar surface area (TPSA) is 70.5 Å². The summed E-state index contributed by atoms with van der Waals surface area (Å²) < 4.78 is 16.5. The molecule has 2 aromatic heterocycles. The lowest BCUT2D eigenvalue weighted by Gasteiger charge is -2.48. The smallest absolute Gasteiger partial charge is 0.256 e. The second kappa shape index (κ2) is 10.3. The van der Waals surface area contributed by atoms with Gasteiger partial charge in [0.05, 0.1) is 29.0 Å². The first-order valence-electron chi connectivity index (χ1n) is 15.5. The van der Waals surface area contributed by atoms with Crippen molar-refractivity contribution in [2.24, 2.45) is 5.92 Å². The van der Waals surface area contributed by atoms with Crippen molar-refractivity contribution in [2.45, 2.75) is 94.9 Å². The van der Waals surface area contributed by atoms with Crippen molar-refractivity contribution in [1.82, 2.24) is 24.7 Å². The Labute approximate surface area is 246 Å². The molecule has 0 spiro atoms. The number of nitrogens with one attached hydrogen (secondary N) is 1. The van der Waals surface area contributed by atoms with Gasteiger partial charge in [0.25, 0.3) is 5.91 Å². The van der Waals surface area contributed by atoms with Crippen LogP contribution in [0.2, 0.25) is 0 Å². The molecule has 0 radical (unpaired) electrons. The van der Waals surface area contributed by atoms with Crippen LogP contribution >= 0.6 is 0 Å². The number of halogens is 1. The Bertz CT molecular complexity index is 1570. The first-order chi connectivity index (χ1) is 20.2. The summed E-state index contributed by atoms with van der Waals surface area (Å²) in [5.41, 5.74) is 4.32. The number of pyridine rings is 1. The predicted octanol–water partition coefficient (Wildman–Crippen LogP) is 5.58. The molecule has 1 saturated carbocycles. The van der Waals surface area contributed by atoms with Crippen LogP contribution in [0.25, 0.3) is 16.6 Å². The average molecular weight is 570 g/mol. The van der Waals surface area contributed by atoms with E-state index in [9.17, 15) is 14.0 Å². The molecule has 7 nitrogen and oxygen atoms in total. The summed E-state index contributed by atoms with van der Waals surface area (Å²) in [5, 5.41) is 4.75. The number of hydrogen-bond donors (Lipinski definition) is 1. The highest BCUT2D eigenvalue weighted by molar-refractivity contribution is 5.99. The number of benzene rings is 1. The number of nitrogens with zero attached hydrogens (tertiary/aromatic N) is 4. The number of piperidine rings is 3. The van der Waals surface area contributed by atoms with Crippen LogP contribution < -0.4 is 5.32 Å². The molecule has 3 aromatic rings. The molecule has 220 valence electrons. The summed E-state index contributed by atoms with van der Waals surface area (Å²) in [7, 11) is 1.75. The molecule has 5 atom stereocenters. The maximum Gasteiger partial charge on any atom is 0.256 e. The molecule has 4 bridgehead atoms. The molecule has 6 heterocycles. The molecular weight excluding hydrogens is 529 g/mol. The molecule has 2 unspecified atom stereocenters. The molecule has 1 N–H and O–H groups in total. The fourth-order valence-electron chi connectivity index (χ4n) is 8.20. The standard InChI is InChI=1S/C34H40FN5O2/c1-19(2)38(4)33(41)28-16-22(35)5-10-30(28)39-18-29(27-11-12-36-17-31(27)39)21-14-24-7-8-25(15-21)40(24)34(42)32-26-9-6-23(37-32)13-20(26)3/h5,10-12,16-19,21,23-26,32,37H,3,6-9,13-15H2,1-2,4H3/t21?,23-,24?,25?,26+,32+/m1/s1. The van der Waals surface area contributed by atoms with Crippen molar-refractivity contribution in [2.75, 3.05) is 7.05 Å². The largest absolute Gasteiger partial charge is 0.339 e. The minimum Gasteiger partial charge on any atom is -0.339 e. The van der Waals surface area contributed by atoms with Crippen LogP contribution in [0.15, 0.2) is 55.0 Å². The van der Waals surface area contributed by atoms with Gasteiger partial charge in [0.2, 0.25) is 5.91 Å². The highest BCUT2D eigenvalue weighted by atomic mass is 19.1. The quantitative estimate of drug-likeness (QED) is 0.408. The van der Waals surface area contributed by atoms with E-state index in [1.54, 1.807) is 18.0 Å². The van der Waals surface area contributed by atoms with E-state index in [1.807, 2.05) is 36.9 Å². The van der Waals surface area contributed by atoms with Gasteiger partial charge in [-0.3, -0.25) is 14.6 Å². The zero-order valence-corrected chi connectivity index (χ0v) is 24.7. The van der Waals surface area contributed by atoms with Crippen molar-refractivity contribution in [1.29, 1.82) is 0 Å². The van der Waals surface area contributed by atoms with E-state index >= 15 is 0 Å². The third-order valence-corrected chi connectivity index (χ3v) is 10.6. The predicted molar refractivity (Wildman–Crippen MR) is 161 cm³/mol. The first kappa shape index (κ1) is 27.3. The molecule has 4 aliphatic heterocycles. The fraction of sp³-hybridized carbons (Fsp3) is 0.500. The lowest BCUT2D eigenvalue weighted by atomic mass is 9.72. The average Bonchev–Trinajstić information content (AvgIpc) is 3.50. The third kappa shape index (κ3) is 4.37. The number of amides is 2. The first-order valence-corrected chi connectivity index (χ1v) is 15.5. The van der Waals surface area contributed by atoms with E-state index in [0.717, 1.165) is 55.8 Å². The van der Waals surface area contributed by atoms with Crippen LogP contribution in [-0.2, 0) is 4.79 Å². The van der Waals surface area contributed by atoms with E-state index in [2.05, 4.69) is 28.0 Å². The molecule has 1 aromatic carbocycles. The van der Waals surface area contributed by atoms with E-state index in [1.165, 1.54) is 23.3 Å². The number of carbonyl (C=O) groups is 2. The minimum atomic E-state index is -0.438. The van der Waals surface area contributed by atoms with Crippen molar-refractivity contribution >= 4 is 22.7 Å². The lowest BCUT2D eigenvalue weighted by Crippen LogP contribution is -2.62. The number of fused-ring (bicyclic) bond motifs is 6.